The maximum absolute atomic E-state index is 4.61. The van der Waals surface area contributed by atoms with Crippen LogP contribution in [0.15, 0.2) is 29.3 Å². The smallest absolute Gasteiger partial charge is 0.193 e. The van der Waals surface area contributed by atoms with Crippen molar-refractivity contribution in [2.24, 2.45) is 4.99 Å². The maximum atomic E-state index is 4.61. The summed E-state index contributed by atoms with van der Waals surface area (Å²) in [6.45, 7) is 8.33. The van der Waals surface area contributed by atoms with Crippen LogP contribution in [0.1, 0.15) is 44.2 Å². The molecule has 1 aromatic rings. The van der Waals surface area contributed by atoms with Crippen LogP contribution in [0.4, 0.5) is 0 Å². The molecule has 1 aromatic carbocycles. The summed E-state index contributed by atoms with van der Waals surface area (Å²) in [7, 11) is 4.04. The molecule has 0 aromatic heterocycles. The van der Waals surface area contributed by atoms with E-state index in [1.165, 1.54) is 11.1 Å². The predicted molar refractivity (Wildman–Crippen MR) is 88.5 cm³/mol. The van der Waals surface area contributed by atoms with Gasteiger partial charge in [-0.3, -0.25) is 4.99 Å². The topological polar surface area (TPSA) is 27.6 Å². The molecule has 20 heavy (non-hydrogen) atoms. The number of nitrogens with zero attached hydrogens (tertiary/aromatic N) is 2. The average Bonchev–Trinajstić information content (AvgIpc) is 2.42. The number of hydrogen-bond donors (Lipinski definition) is 1. The van der Waals surface area contributed by atoms with E-state index < -0.39 is 0 Å². The molecule has 0 aliphatic heterocycles. The Morgan fingerprint density at radius 2 is 1.85 bits per heavy atom. The SMILES string of the molecule is CCNC(=NCCCc1ccc(C(C)C)cc1)N(C)C. The van der Waals surface area contributed by atoms with Crippen molar-refractivity contribution >= 4 is 5.96 Å². The number of hydrogen-bond acceptors (Lipinski definition) is 1. The summed E-state index contributed by atoms with van der Waals surface area (Å²) in [4.78, 5) is 6.63. The average molecular weight is 275 g/mol. The van der Waals surface area contributed by atoms with Gasteiger partial charge in [-0.15, -0.1) is 0 Å². The highest BCUT2D eigenvalue weighted by Crippen LogP contribution is 2.15. The molecule has 0 aliphatic rings. The van der Waals surface area contributed by atoms with Crippen LogP contribution < -0.4 is 5.32 Å². The van der Waals surface area contributed by atoms with Gasteiger partial charge in [0.25, 0.3) is 0 Å². The van der Waals surface area contributed by atoms with Crippen molar-refractivity contribution in [2.75, 3.05) is 27.2 Å². The van der Waals surface area contributed by atoms with Gasteiger partial charge < -0.3 is 10.2 Å². The lowest BCUT2D eigenvalue weighted by molar-refractivity contribution is 0.582. The Labute approximate surface area is 124 Å². The monoisotopic (exact) mass is 275 g/mol. The largest absolute Gasteiger partial charge is 0.357 e. The lowest BCUT2D eigenvalue weighted by Crippen LogP contribution is -2.36. The molecule has 0 saturated heterocycles. The third-order valence-corrected chi connectivity index (χ3v) is 3.29. The molecular weight excluding hydrogens is 246 g/mol. The number of aliphatic imine (C=N–C) groups is 1. The highest BCUT2D eigenvalue weighted by Gasteiger charge is 2.00. The van der Waals surface area contributed by atoms with Crippen molar-refractivity contribution in [1.82, 2.24) is 10.2 Å². The van der Waals surface area contributed by atoms with Gasteiger partial charge in [-0.05, 0) is 36.8 Å². The number of rotatable bonds is 6. The summed E-state index contributed by atoms with van der Waals surface area (Å²) in [6.07, 6.45) is 2.18. The molecule has 0 amide bonds. The van der Waals surface area contributed by atoms with Crippen molar-refractivity contribution in [3.63, 3.8) is 0 Å². The first-order valence-corrected chi connectivity index (χ1v) is 7.59. The Balaban J connectivity index is 2.41. The summed E-state index contributed by atoms with van der Waals surface area (Å²) in [5, 5.41) is 3.28. The fraction of sp³-hybridized carbons (Fsp3) is 0.588. The Kier molecular flexibility index (Phi) is 7.13. The minimum Gasteiger partial charge on any atom is -0.357 e. The summed E-state index contributed by atoms with van der Waals surface area (Å²) in [5.41, 5.74) is 2.81. The summed E-state index contributed by atoms with van der Waals surface area (Å²) in [5.74, 6) is 1.58. The third kappa shape index (κ3) is 5.64. The second-order valence-corrected chi connectivity index (χ2v) is 5.63. The molecule has 0 atom stereocenters. The van der Waals surface area contributed by atoms with E-state index in [-0.39, 0.29) is 0 Å². The third-order valence-electron chi connectivity index (χ3n) is 3.29. The van der Waals surface area contributed by atoms with Crippen molar-refractivity contribution in [3.05, 3.63) is 35.4 Å². The van der Waals surface area contributed by atoms with E-state index in [4.69, 9.17) is 0 Å². The van der Waals surface area contributed by atoms with Gasteiger partial charge >= 0.3 is 0 Å². The van der Waals surface area contributed by atoms with Crippen molar-refractivity contribution < 1.29 is 0 Å². The predicted octanol–water partition coefficient (Wildman–Crippen LogP) is 3.27. The molecule has 0 aliphatic carbocycles. The molecule has 3 nitrogen and oxygen atoms in total. The van der Waals surface area contributed by atoms with Gasteiger partial charge in [-0.2, -0.15) is 0 Å². The Morgan fingerprint density at radius 3 is 2.35 bits per heavy atom. The van der Waals surface area contributed by atoms with E-state index in [2.05, 4.69) is 55.3 Å². The molecule has 3 heteroatoms. The number of guanidine groups is 1. The summed E-state index contributed by atoms with van der Waals surface area (Å²) < 4.78 is 0. The molecule has 0 fully saturated rings. The van der Waals surface area contributed by atoms with Crippen molar-refractivity contribution in [1.29, 1.82) is 0 Å². The maximum Gasteiger partial charge on any atom is 0.193 e. The van der Waals surface area contributed by atoms with Gasteiger partial charge in [-0.1, -0.05) is 38.1 Å². The molecule has 0 unspecified atom stereocenters. The van der Waals surface area contributed by atoms with Crippen LogP contribution in [0, 0.1) is 0 Å². The zero-order valence-corrected chi connectivity index (χ0v) is 13.6. The van der Waals surface area contributed by atoms with Gasteiger partial charge in [0.1, 0.15) is 0 Å². The van der Waals surface area contributed by atoms with Gasteiger partial charge in [0.2, 0.25) is 0 Å². The molecule has 1 rings (SSSR count). The molecule has 0 heterocycles. The van der Waals surface area contributed by atoms with Crippen LogP contribution in [-0.2, 0) is 6.42 Å². The van der Waals surface area contributed by atoms with E-state index in [0.29, 0.717) is 5.92 Å². The molecule has 1 N–H and O–H groups in total. The zero-order chi connectivity index (χ0) is 15.0. The molecular formula is C17H29N3. The van der Waals surface area contributed by atoms with Crippen LogP contribution >= 0.6 is 0 Å². The first-order chi connectivity index (χ1) is 9.54. The molecule has 0 radical (unpaired) electrons. The first kappa shape index (κ1) is 16.5. The van der Waals surface area contributed by atoms with Crippen LogP contribution in [0.5, 0.6) is 0 Å². The molecule has 0 spiro atoms. The van der Waals surface area contributed by atoms with Crippen molar-refractivity contribution in [2.45, 2.75) is 39.5 Å². The Bertz CT molecular complexity index is 405. The van der Waals surface area contributed by atoms with Crippen LogP contribution in [-0.4, -0.2) is 38.0 Å². The van der Waals surface area contributed by atoms with Gasteiger partial charge in [0.15, 0.2) is 5.96 Å². The van der Waals surface area contributed by atoms with Crippen LogP contribution in [0.3, 0.4) is 0 Å². The van der Waals surface area contributed by atoms with Gasteiger partial charge in [0.05, 0.1) is 0 Å². The standard InChI is InChI=1S/C17H29N3/c1-6-18-17(20(4)5)19-13-7-8-15-9-11-16(12-10-15)14(2)3/h9-12,14H,6-8,13H2,1-5H3,(H,18,19). The van der Waals surface area contributed by atoms with Crippen molar-refractivity contribution in [3.8, 4) is 0 Å². The molecule has 112 valence electrons. The highest BCUT2D eigenvalue weighted by atomic mass is 15.3. The van der Waals surface area contributed by atoms with E-state index in [0.717, 1.165) is 31.9 Å². The van der Waals surface area contributed by atoms with E-state index >= 15 is 0 Å². The lowest BCUT2D eigenvalue weighted by Gasteiger charge is -2.16. The Hall–Kier alpha value is -1.51. The van der Waals surface area contributed by atoms with E-state index in [9.17, 15) is 0 Å². The lowest BCUT2D eigenvalue weighted by atomic mass is 10.0. The van der Waals surface area contributed by atoms with E-state index in [1.807, 2.05) is 19.0 Å². The summed E-state index contributed by atoms with van der Waals surface area (Å²) in [6, 6.07) is 8.98. The van der Waals surface area contributed by atoms with E-state index in [1.54, 1.807) is 0 Å². The first-order valence-electron chi connectivity index (χ1n) is 7.59. The minimum absolute atomic E-state index is 0.608. The van der Waals surface area contributed by atoms with Gasteiger partial charge in [-0.25, -0.2) is 0 Å². The normalized spacial score (nSPS) is 11.8. The quantitative estimate of drug-likeness (QED) is 0.490. The fourth-order valence-corrected chi connectivity index (χ4v) is 2.05. The van der Waals surface area contributed by atoms with Gasteiger partial charge in [0, 0.05) is 27.2 Å². The second kappa shape index (κ2) is 8.62. The zero-order valence-electron chi connectivity index (χ0n) is 13.6. The summed E-state index contributed by atoms with van der Waals surface area (Å²) >= 11 is 0. The molecule has 0 saturated carbocycles. The minimum atomic E-state index is 0.608. The fourth-order valence-electron chi connectivity index (χ4n) is 2.05. The van der Waals surface area contributed by atoms with Crippen LogP contribution in [0.25, 0.3) is 0 Å². The number of nitrogens with one attached hydrogen (secondary N) is 1. The number of aryl methyl sites for hydroxylation is 1. The Morgan fingerprint density at radius 1 is 1.20 bits per heavy atom. The molecule has 0 bridgehead atoms. The second-order valence-electron chi connectivity index (χ2n) is 5.63. The number of benzene rings is 1. The van der Waals surface area contributed by atoms with Crippen LogP contribution in [0.2, 0.25) is 0 Å². The highest BCUT2D eigenvalue weighted by molar-refractivity contribution is 5.79.